The average molecular weight is 420 g/mol. The van der Waals surface area contributed by atoms with Gasteiger partial charge in [0.05, 0.1) is 11.3 Å². The van der Waals surface area contributed by atoms with E-state index in [0.717, 1.165) is 36.8 Å². The number of hydrogen-bond acceptors (Lipinski definition) is 3. The molecular formula is C25H26FN3O2. The van der Waals surface area contributed by atoms with Crippen molar-refractivity contribution in [2.45, 2.75) is 43.7 Å². The molecule has 3 aromatic rings. The van der Waals surface area contributed by atoms with Crippen LogP contribution in [-0.4, -0.2) is 38.7 Å². The minimum Gasteiger partial charge on any atom is -0.385 e. The number of halogens is 1. The first-order chi connectivity index (χ1) is 15.1. The third kappa shape index (κ3) is 3.55. The van der Waals surface area contributed by atoms with Crippen molar-refractivity contribution >= 4 is 5.91 Å². The maximum Gasteiger partial charge on any atom is 0.272 e. The van der Waals surface area contributed by atoms with Gasteiger partial charge in [0.25, 0.3) is 5.91 Å². The van der Waals surface area contributed by atoms with Gasteiger partial charge in [0.1, 0.15) is 11.5 Å². The van der Waals surface area contributed by atoms with Gasteiger partial charge in [-0.1, -0.05) is 43.2 Å². The van der Waals surface area contributed by atoms with E-state index in [1.807, 2.05) is 35.2 Å². The molecule has 3 atom stereocenters. The number of piperidine rings is 1. The van der Waals surface area contributed by atoms with Gasteiger partial charge in [-0.2, -0.15) is 5.10 Å². The Bertz CT molecular complexity index is 1070. The zero-order valence-corrected chi connectivity index (χ0v) is 17.3. The van der Waals surface area contributed by atoms with Crippen molar-refractivity contribution in [3.05, 3.63) is 77.7 Å². The molecule has 5 nitrogen and oxygen atoms in total. The van der Waals surface area contributed by atoms with Crippen LogP contribution >= 0.6 is 0 Å². The van der Waals surface area contributed by atoms with Gasteiger partial charge in [0.2, 0.25) is 0 Å². The number of fused-ring (bicyclic) bond motifs is 1. The molecule has 2 N–H and O–H groups in total. The van der Waals surface area contributed by atoms with Gasteiger partial charge in [0.15, 0.2) is 0 Å². The summed E-state index contributed by atoms with van der Waals surface area (Å²) in [6.45, 7) is 0.496. The van der Waals surface area contributed by atoms with Crippen molar-refractivity contribution in [2.24, 2.45) is 5.92 Å². The molecule has 1 saturated carbocycles. The summed E-state index contributed by atoms with van der Waals surface area (Å²) in [5.41, 5.74) is 1.83. The molecular weight excluding hydrogens is 393 g/mol. The summed E-state index contributed by atoms with van der Waals surface area (Å²) in [4.78, 5) is 15.3. The molecule has 31 heavy (non-hydrogen) atoms. The highest BCUT2D eigenvalue weighted by molar-refractivity contribution is 5.93. The Morgan fingerprint density at radius 3 is 2.61 bits per heavy atom. The van der Waals surface area contributed by atoms with Crippen molar-refractivity contribution in [3.63, 3.8) is 0 Å². The second-order valence-corrected chi connectivity index (χ2v) is 8.67. The zero-order valence-electron chi connectivity index (χ0n) is 17.3. The first-order valence-electron chi connectivity index (χ1n) is 11.0. The lowest BCUT2D eigenvalue weighted by Crippen LogP contribution is -2.59. The predicted octanol–water partition coefficient (Wildman–Crippen LogP) is 4.51. The van der Waals surface area contributed by atoms with Crippen molar-refractivity contribution < 1.29 is 14.3 Å². The second-order valence-electron chi connectivity index (χ2n) is 8.67. The fraction of sp³-hybridized carbons (Fsp3) is 0.360. The standard InChI is InChI=1S/C25H26FN3O2/c26-19-12-10-17(11-13-19)21-16-22(28-27-21)24(30)29-15-14-25(31,18-6-2-1-3-7-18)20-8-4-5-9-23(20)29/h1-3,6-7,10-13,16,20,23,31H,4-5,8-9,14-15H2,(H,27,28)/t20-,23+,25-/m0/s1. The fourth-order valence-electron chi connectivity index (χ4n) is 5.38. The van der Waals surface area contributed by atoms with E-state index in [4.69, 9.17) is 0 Å². The Morgan fingerprint density at radius 2 is 1.84 bits per heavy atom. The van der Waals surface area contributed by atoms with Crippen molar-refractivity contribution in [3.8, 4) is 11.3 Å². The maximum absolute atomic E-state index is 13.4. The molecule has 2 aromatic carbocycles. The van der Waals surface area contributed by atoms with Crippen molar-refractivity contribution in [2.75, 3.05) is 6.54 Å². The number of carbonyl (C=O) groups excluding carboxylic acids is 1. The van der Waals surface area contributed by atoms with E-state index in [2.05, 4.69) is 10.2 Å². The van der Waals surface area contributed by atoms with E-state index in [1.54, 1.807) is 18.2 Å². The quantitative estimate of drug-likeness (QED) is 0.656. The van der Waals surface area contributed by atoms with Gasteiger partial charge in [0, 0.05) is 24.1 Å². The number of aromatic nitrogens is 2. The molecule has 160 valence electrons. The molecule has 2 aliphatic rings. The maximum atomic E-state index is 13.4. The highest BCUT2D eigenvalue weighted by Crippen LogP contribution is 2.47. The highest BCUT2D eigenvalue weighted by Gasteiger charge is 2.50. The number of nitrogens with one attached hydrogen (secondary N) is 1. The Balaban J connectivity index is 1.41. The van der Waals surface area contributed by atoms with Crippen molar-refractivity contribution in [1.29, 1.82) is 0 Å². The third-order valence-corrected chi connectivity index (χ3v) is 6.96. The van der Waals surface area contributed by atoms with Crippen LogP contribution in [0.25, 0.3) is 11.3 Å². The minimum absolute atomic E-state index is 0.00206. The fourth-order valence-corrected chi connectivity index (χ4v) is 5.38. The highest BCUT2D eigenvalue weighted by atomic mass is 19.1. The first kappa shape index (κ1) is 19.9. The Labute approximate surface area is 180 Å². The van der Waals surface area contributed by atoms with E-state index < -0.39 is 5.60 Å². The number of likely N-dealkylation sites (tertiary alicyclic amines) is 1. The number of benzene rings is 2. The number of carbonyl (C=O) groups is 1. The minimum atomic E-state index is -0.906. The van der Waals surface area contributed by atoms with Gasteiger partial charge in [-0.05, 0) is 55.2 Å². The topological polar surface area (TPSA) is 69.2 Å². The van der Waals surface area contributed by atoms with Crippen LogP contribution in [0.2, 0.25) is 0 Å². The lowest BCUT2D eigenvalue weighted by molar-refractivity contribution is -0.110. The molecule has 0 bridgehead atoms. The normalized spacial score (nSPS) is 25.8. The number of rotatable bonds is 3. The number of hydrogen-bond donors (Lipinski definition) is 2. The van der Waals surface area contributed by atoms with Crippen LogP contribution in [0.3, 0.4) is 0 Å². The summed E-state index contributed by atoms with van der Waals surface area (Å²) in [5, 5.41) is 18.8. The summed E-state index contributed by atoms with van der Waals surface area (Å²) >= 11 is 0. The predicted molar refractivity (Wildman–Crippen MR) is 116 cm³/mol. The van der Waals surface area contributed by atoms with Gasteiger partial charge in [-0.25, -0.2) is 4.39 Å². The number of nitrogens with zero attached hydrogens (tertiary/aromatic N) is 2. The van der Waals surface area contributed by atoms with E-state index in [0.29, 0.717) is 24.4 Å². The van der Waals surface area contributed by atoms with Crippen molar-refractivity contribution in [1.82, 2.24) is 15.1 Å². The smallest absolute Gasteiger partial charge is 0.272 e. The summed E-state index contributed by atoms with van der Waals surface area (Å²) in [5.74, 6) is -0.383. The molecule has 6 heteroatoms. The Kier molecular flexibility index (Phi) is 5.10. The average Bonchev–Trinajstić information content (AvgIpc) is 3.31. The molecule has 1 aromatic heterocycles. The molecule has 0 spiro atoms. The van der Waals surface area contributed by atoms with Crippen LogP contribution in [-0.2, 0) is 5.60 Å². The van der Waals surface area contributed by atoms with Gasteiger partial charge in [-0.15, -0.1) is 0 Å². The molecule has 2 fully saturated rings. The number of aromatic amines is 1. The first-order valence-corrected chi connectivity index (χ1v) is 11.0. The molecule has 1 saturated heterocycles. The lowest BCUT2D eigenvalue weighted by Gasteiger charge is -2.52. The molecule has 2 heterocycles. The SMILES string of the molecule is O=C(c1cc(-c2ccc(F)cc2)n[nH]1)N1CC[C@](O)(c2ccccc2)[C@H]2CCCC[C@H]21. The van der Waals surface area contributed by atoms with Crippen LogP contribution in [0.1, 0.15) is 48.2 Å². The summed E-state index contributed by atoms with van der Waals surface area (Å²) in [6, 6.07) is 17.7. The number of amides is 1. The van der Waals surface area contributed by atoms with Crippen LogP contribution < -0.4 is 0 Å². The summed E-state index contributed by atoms with van der Waals surface area (Å²) in [6.07, 6.45) is 4.44. The Hall–Kier alpha value is -2.99. The van der Waals surface area contributed by atoms with Gasteiger partial charge in [-0.3, -0.25) is 9.89 Å². The lowest BCUT2D eigenvalue weighted by atomic mass is 9.66. The van der Waals surface area contributed by atoms with Crippen LogP contribution in [0.15, 0.2) is 60.7 Å². The van der Waals surface area contributed by atoms with Gasteiger partial charge >= 0.3 is 0 Å². The van der Waals surface area contributed by atoms with E-state index in [9.17, 15) is 14.3 Å². The molecule has 1 aliphatic heterocycles. The van der Waals surface area contributed by atoms with Crippen LogP contribution in [0.5, 0.6) is 0 Å². The molecule has 1 amide bonds. The molecule has 1 aliphatic carbocycles. The van der Waals surface area contributed by atoms with Gasteiger partial charge < -0.3 is 10.0 Å². The number of H-pyrrole nitrogens is 1. The van der Waals surface area contributed by atoms with Crippen LogP contribution in [0.4, 0.5) is 4.39 Å². The summed E-state index contributed by atoms with van der Waals surface area (Å²) < 4.78 is 13.2. The van der Waals surface area contributed by atoms with E-state index >= 15 is 0 Å². The number of aliphatic hydroxyl groups is 1. The summed E-state index contributed by atoms with van der Waals surface area (Å²) in [7, 11) is 0. The zero-order chi connectivity index (χ0) is 21.4. The third-order valence-electron chi connectivity index (χ3n) is 6.96. The molecule has 0 radical (unpaired) electrons. The Morgan fingerprint density at radius 1 is 1.10 bits per heavy atom. The molecule has 0 unspecified atom stereocenters. The largest absolute Gasteiger partial charge is 0.385 e. The second kappa shape index (κ2) is 7.93. The van der Waals surface area contributed by atoms with E-state index in [-0.39, 0.29) is 23.7 Å². The van der Waals surface area contributed by atoms with Crippen LogP contribution in [0, 0.1) is 11.7 Å². The molecule has 5 rings (SSSR count). The van der Waals surface area contributed by atoms with E-state index in [1.165, 1.54) is 12.1 Å². The monoisotopic (exact) mass is 419 g/mol.